The van der Waals surface area contributed by atoms with E-state index in [1.807, 2.05) is 0 Å². The summed E-state index contributed by atoms with van der Waals surface area (Å²) in [7, 11) is -4.02. The normalized spacial score (nSPS) is 19.1. The first-order valence-electron chi connectivity index (χ1n) is 10.2. The van der Waals surface area contributed by atoms with Crippen molar-refractivity contribution in [1.29, 1.82) is 0 Å². The summed E-state index contributed by atoms with van der Waals surface area (Å²) in [6.07, 6.45) is -0.625. The number of esters is 1. The fourth-order valence-electron chi connectivity index (χ4n) is 3.41. The Morgan fingerprint density at radius 3 is 2.26 bits per heavy atom. The second-order valence-corrected chi connectivity index (χ2v) is 9.94. The molecule has 1 heterocycles. The molecule has 1 aliphatic heterocycles. The van der Waals surface area contributed by atoms with Gasteiger partial charge in [-0.15, -0.1) is 0 Å². The lowest BCUT2D eigenvalue weighted by molar-refractivity contribution is -0.0498. The van der Waals surface area contributed by atoms with E-state index in [-0.39, 0.29) is 52.1 Å². The summed E-state index contributed by atoms with van der Waals surface area (Å²) in [5.74, 6) is -1.64. The fraction of sp³-hybridized carbons (Fsp3) is 0.364. The average molecular weight is 518 g/mol. The standard InChI is InChI=1S/C22H22ClF2NO7S/c1-13-10-26(11-14(2)32-13)34(29,30)20-9-16(5-8-18(20)23)21(28)31-12-19(27)15-3-6-17(7-4-15)33-22(24)25/h3-9,13-14,22H,10-12H2,1-2H3/t13-,14-/m0/s1. The highest BCUT2D eigenvalue weighted by Gasteiger charge is 2.34. The van der Waals surface area contributed by atoms with Crippen LogP contribution in [0, 0.1) is 0 Å². The molecule has 0 saturated carbocycles. The number of rotatable bonds is 8. The average Bonchev–Trinajstić information content (AvgIpc) is 2.77. The second kappa shape index (κ2) is 10.8. The van der Waals surface area contributed by atoms with Crippen molar-refractivity contribution >= 4 is 33.4 Å². The van der Waals surface area contributed by atoms with Crippen LogP contribution in [0.15, 0.2) is 47.4 Å². The Bertz CT molecular complexity index is 1150. The summed E-state index contributed by atoms with van der Waals surface area (Å²) in [5, 5.41) is -0.0643. The minimum Gasteiger partial charge on any atom is -0.454 e. The third-order valence-corrected chi connectivity index (χ3v) is 7.22. The van der Waals surface area contributed by atoms with Crippen LogP contribution in [0.1, 0.15) is 34.6 Å². The first-order valence-corrected chi connectivity index (χ1v) is 12.0. The summed E-state index contributed by atoms with van der Waals surface area (Å²) in [5.41, 5.74) is 0.00941. The van der Waals surface area contributed by atoms with Gasteiger partial charge in [0.1, 0.15) is 10.6 Å². The maximum atomic E-state index is 13.1. The number of halogens is 3. The van der Waals surface area contributed by atoms with Gasteiger partial charge in [0.05, 0.1) is 22.8 Å². The molecule has 184 valence electrons. The summed E-state index contributed by atoms with van der Waals surface area (Å²) in [4.78, 5) is 24.5. The number of Topliss-reactive ketones (excluding diaryl/α,β-unsaturated/α-hetero) is 1. The molecule has 8 nitrogen and oxygen atoms in total. The SMILES string of the molecule is C[C@H]1CN(S(=O)(=O)c2cc(C(=O)OCC(=O)c3ccc(OC(F)F)cc3)ccc2Cl)C[C@H](C)O1. The molecule has 0 aromatic heterocycles. The van der Waals surface area contributed by atoms with Crippen LogP contribution in [-0.4, -0.2) is 63.0 Å². The molecule has 0 radical (unpaired) electrons. The third-order valence-electron chi connectivity index (χ3n) is 4.91. The lowest BCUT2D eigenvalue weighted by Gasteiger charge is -2.34. The van der Waals surface area contributed by atoms with Crippen molar-refractivity contribution in [3.63, 3.8) is 0 Å². The van der Waals surface area contributed by atoms with E-state index in [0.717, 1.165) is 6.07 Å². The van der Waals surface area contributed by atoms with Gasteiger partial charge in [0.2, 0.25) is 10.0 Å². The van der Waals surface area contributed by atoms with Crippen LogP contribution >= 0.6 is 11.6 Å². The highest BCUT2D eigenvalue weighted by Crippen LogP contribution is 2.28. The molecule has 0 bridgehead atoms. The molecule has 0 N–H and O–H groups in total. The Morgan fingerprint density at radius 2 is 1.68 bits per heavy atom. The molecule has 1 saturated heterocycles. The summed E-state index contributed by atoms with van der Waals surface area (Å²) < 4.78 is 66.8. The van der Waals surface area contributed by atoms with Gasteiger partial charge in [-0.2, -0.15) is 13.1 Å². The smallest absolute Gasteiger partial charge is 0.387 e. The Balaban J connectivity index is 1.70. The van der Waals surface area contributed by atoms with Crippen molar-refractivity contribution in [3.8, 4) is 5.75 Å². The van der Waals surface area contributed by atoms with Gasteiger partial charge in [0.25, 0.3) is 0 Å². The van der Waals surface area contributed by atoms with Gasteiger partial charge in [-0.25, -0.2) is 13.2 Å². The topological polar surface area (TPSA) is 99.2 Å². The number of hydrogen-bond donors (Lipinski definition) is 0. The Morgan fingerprint density at radius 1 is 1.09 bits per heavy atom. The van der Waals surface area contributed by atoms with E-state index >= 15 is 0 Å². The number of carbonyl (C=O) groups excluding carboxylic acids is 2. The molecule has 0 amide bonds. The summed E-state index contributed by atoms with van der Waals surface area (Å²) in [6, 6.07) is 8.54. The van der Waals surface area contributed by atoms with Crippen molar-refractivity contribution in [1.82, 2.24) is 4.31 Å². The molecule has 0 spiro atoms. The highest BCUT2D eigenvalue weighted by atomic mass is 35.5. The molecule has 0 aliphatic carbocycles. The van der Waals surface area contributed by atoms with Gasteiger partial charge in [-0.1, -0.05) is 11.6 Å². The largest absolute Gasteiger partial charge is 0.454 e. The molecule has 2 atom stereocenters. The highest BCUT2D eigenvalue weighted by molar-refractivity contribution is 7.89. The van der Waals surface area contributed by atoms with Crippen LogP contribution < -0.4 is 4.74 Å². The number of benzene rings is 2. The molecule has 1 aliphatic rings. The van der Waals surface area contributed by atoms with Gasteiger partial charge < -0.3 is 14.2 Å². The van der Waals surface area contributed by atoms with Crippen LogP contribution in [0.25, 0.3) is 0 Å². The van der Waals surface area contributed by atoms with E-state index < -0.39 is 35.0 Å². The van der Waals surface area contributed by atoms with Crippen LogP contribution in [-0.2, 0) is 19.5 Å². The fourth-order valence-corrected chi connectivity index (χ4v) is 5.51. The summed E-state index contributed by atoms with van der Waals surface area (Å²) in [6.45, 7) is 0.136. The number of nitrogens with zero attached hydrogens (tertiary/aromatic N) is 1. The molecule has 3 rings (SSSR count). The van der Waals surface area contributed by atoms with Gasteiger partial charge in [-0.3, -0.25) is 4.79 Å². The monoisotopic (exact) mass is 517 g/mol. The zero-order valence-corrected chi connectivity index (χ0v) is 19.8. The number of sulfonamides is 1. The number of morpholine rings is 1. The van der Waals surface area contributed by atoms with E-state index in [1.165, 1.54) is 40.7 Å². The molecule has 1 fully saturated rings. The zero-order valence-electron chi connectivity index (χ0n) is 18.2. The maximum Gasteiger partial charge on any atom is 0.387 e. The van der Waals surface area contributed by atoms with Crippen molar-refractivity contribution in [3.05, 3.63) is 58.6 Å². The predicted octanol–water partition coefficient (Wildman–Crippen LogP) is 3.78. The van der Waals surface area contributed by atoms with Gasteiger partial charge >= 0.3 is 12.6 Å². The van der Waals surface area contributed by atoms with Crippen LogP contribution in [0.2, 0.25) is 5.02 Å². The number of ether oxygens (including phenoxy) is 3. The number of carbonyl (C=O) groups is 2. The van der Waals surface area contributed by atoms with E-state index in [0.29, 0.717) is 0 Å². The first-order chi connectivity index (χ1) is 16.0. The number of alkyl halides is 2. The van der Waals surface area contributed by atoms with Crippen molar-refractivity contribution in [2.45, 2.75) is 37.6 Å². The third kappa shape index (κ3) is 6.29. The van der Waals surface area contributed by atoms with E-state index in [9.17, 15) is 26.8 Å². The Kier molecular flexibility index (Phi) is 8.24. The van der Waals surface area contributed by atoms with Crippen LogP contribution in [0.3, 0.4) is 0 Å². The van der Waals surface area contributed by atoms with Gasteiger partial charge in [0, 0.05) is 18.7 Å². The lowest BCUT2D eigenvalue weighted by Crippen LogP contribution is -2.48. The Labute approximate surface area is 200 Å². The van der Waals surface area contributed by atoms with Crippen LogP contribution in [0.5, 0.6) is 5.75 Å². The number of ketones is 1. The first kappa shape index (κ1) is 26.0. The lowest BCUT2D eigenvalue weighted by atomic mass is 10.1. The van der Waals surface area contributed by atoms with Crippen LogP contribution in [0.4, 0.5) is 8.78 Å². The molecule has 34 heavy (non-hydrogen) atoms. The van der Waals surface area contributed by atoms with E-state index in [2.05, 4.69) is 4.74 Å². The Hall–Kier alpha value is -2.60. The maximum absolute atomic E-state index is 13.1. The zero-order chi connectivity index (χ0) is 25.0. The van der Waals surface area contributed by atoms with E-state index in [4.69, 9.17) is 21.1 Å². The quantitative estimate of drug-likeness (QED) is 0.388. The minimum absolute atomic E-state index is 0.0643. The molecule has 12 heteroatoms. The molecular weight excluding hydrogens is 496 g/mol. The number of hydrogen-bond acceptors (Lipinski definition) is 7. The van der Waals surface area contributed by atoms with Crippen molar-refractivity contribution in [2.24, 2.45) is 0 Å². The predicted molar refractivity (Wildman–Crippen MR) is 118 cm³/mol. The van der Waals surface area contributed by atoms with Crippen molar-refractivity contribution < 1.29 is 41.0 Å². The van der Waals surface area contributed by atoms with Gasteiger partial charge in [0.15, 0.2) is 12.4 Å². The molecule has 2 aromatic carbocycles. The molecule has 2 aromatic rings. The molecule has 0 unspecified atom stereocenters. The minimum atomic E-state index is -4.02. The van der Waals surface area contributed by atoms with E-state index in [1.54, 1.807) is 13.8 Å². The van der Waals surface area contributed by atoms with Gasteiger partial charge in [-0.05, 0) is 56.3 Å². The molecular formula is C22H22ClF2NO7S. The second-order valence-electron chi connectivity index (χ2n) is 7.63. The summed E-state index contributed by atoms with van der Waals surface area (Å²) >= 11 is 6.13. The van der Waals surface area contributed by atoms with Crippen molar-refractivity contribution in [2.75, 3.05) is 19.7 Å².